The number of nitrogens with one attached hydrogen (secondary N) is 1. The molecular weight excluding hydrogens is 302 g/mol. The lowest BCUT2D eigenvalue weighted by Crippen LogP contribution is -2.37. The van der Waals surface area contributed by atoms with Crippen molar-refractivity contribution >= 4 is 18.0 Å². The van der Waals surface area contributed by atoms with Crippen molar-refractivity contribution in [3.8, 4) is 0 Å². The number of amides is 1. The average Bonchev–Trinajstić information content (AvgIpc) is 2.55. The maximum atomic E-state index is 11.9. The Balaban J connectivity index is 1.70. The fraction of sp³-hybridized carbons (Fsp3) is 0.500. The van der Waals surface area contributed by atoms with Crippen molar-refractivity contribution < 1.29 is 14.3 Å². The molecule has 1 aromatic rings. The van der Waals surface area contributed by atoms with Gasteiger partial charge in [0.1, 0.15) is 0 Å². The maximum Gasteiger partial charge on any atom is 0.331 e. The minimum Gasteiger partial charge on any atom is -0.452 e. The van der Waals surface area contributed by atoms with Crippen LogP contribution in [0.5, 0.6) is 0 Å². The predicted octanol–water partition coefficient (Wildman–Crippen LogP) is 3.78. The largest absolute Gasteiger partial charge is 0.452 e. The monoisotopic (exact) mass is 329 g/mol. The van der Waals surface area contributed by atoms with Crippen LogP contribution in [0.25, 0.3) is 6.08 Å². The highest BCUT2D eigenvalue weighted by Gasteiger charge is 2.14. The molecule has 0 heterocycles. The minimum atomic E-state index is -0.497. The van der Waals surface area contributed by atoms with E-state index in [-0.39, 0.29) is 18.6 Å². The quantitative estimate of drug-likeness (QED) is 0.661. The lowest BCUT2D eigenvalue weighted by atomic mass is 9.97. The third kappa shape index (κ3) is 6.99. The smallest absolute Gasteiger partial charge is 0.331 e. The van der Waals surface area contributed by atoms with Gasteiger partial charge in [0, 0.05) is 12.1 Å². The van der Waals surface area contributed by atoms with Crippen molar-refractivity contribution in [3.05, 3.63) is 41.5 Å². The Morgan fingerprint density at radius 3 is 2.38 bits per heavy atom. The van der Waals surface area contributed by atoms with Crippen molar-refractivity contribution in [3.63, 3.8) is 0 Å². The molecule has 1 saturated carbocycles. The number of esters is 1. The highest BCUT2D eigenvalue weighted by molar-refractivity contribution is 5.89. The van der Waals surface area contributed by atoms with E-state index in [0.29, 0.717) is 0 Å². The first-order valence-electron chi connectivity index (χ1n) is 8.84. The van der Waals surface area contributed by atoms with Gasteiger partial charge in [0.05, 0.1) is 0 Å². The fourth-order valence-corrected chi connectivity index (χ4v) is 2.90. The molecule has 2 rings (SSSR count). The summed E-state index contributed by atoms with van der Waals surface area (Å²) in [6.45, 7) is 1.80. The van der Waals surface area contributed by atoms with Gasteiger partial charge in [0.15, 0.2) is 6.61 Å². The molecule has 0 bridgehead atoms. The number of ether oxygens (including phenoxy) is 1. The van der Waals surface area contributed by atoms with E-state index in [2.05, 4.69) is 5.32 Å². The average molecular weight is 329 g/mol. The maximum absolute atomic E-state index is 11.9. The molecule has 0 aromatic heterocycles. The van der Waals surface area contributed by atoms with Crippen LogP contribution in [0.4, 0.5) is 0 Å². The van der Waals surface area contributed by atoms with E-state index in [9.17, 15) is 9.59 Å². The van der Waals surface area contributed by atoms with Crippen LogP contribution in [0, 0.1) is 6.92 Å². The molecular formula is C20H27NO3. The first kappa shape index (κ1) is 18.2. The summed E-state index contributed by atoms with van der Waals surface area (Å²) in [6, 6.07) is 8.04. The summed E-state index contributed by atoms with van der Waals surface area (Å²) >= 11 is 0. The van der Waals surface area contributed by atoms with Crippen LogP contribution in [-0.4, -0.2) is 24.5 Å². The third-order valence-corrected chi connectivity index (χ3v) is 4.31. The van der Waals surface area contributed by atoms with Gasteiger partial charge in [-0.1, -0.05) is 61.9 Å². The number of aryl methyl sites for hydroxylation is 1. The van der Waals surface area contributed by atoms with Gasteiger partial charge in [-0.3, -0.25) is 4.79 Å². The Morgan fingerprint density at radius 2 is 1.71 bits per heavy atom. The zero-order valence-electron chi connectivity index (χ0n) is 14.4. The van der Waals surface area contributed by atoms with E-state index in [1.165, 1.54) is 30.9 Å². The van der Waals surface area contributed by atoms with Gasteiger partial charge in [0.2, 0.25) is 0 Å². The van der Waals surface area contributed by atoms with Crippen LogP contribution < -0.4 is 5.32 Å². The number of hydrogen-bond acceptors (Lipinski definition) is 3. The Hall–Kier alpha value is -2.10. The van der Waals surface area contributed by atoms with E-state index in [1.807, 2.05) is 31.2 Å². The van der Waals surface area contributed by atoms with Gasteiger partial charge >= 0.3 is 5.97 Å². The molecule has 0 radical (unpaired) electrons. The van der Waals surface area contributed by atoms with Gasteiger partial charge in [0.25, 0.3) is 5.91 Å². The highest BCUT2D eigenvalue weighted by atomic mass is 16.5. The molecule has 0 saturated heterocycles. The normalized spacial score (nSPS) is 16.4. The Labute approximate surface area is 144 Å². The number of carbonyl (C=O) groups excluding carboxylic acids is 2. The van der Waals surface area contributed by atoms with Crippen LogP contribution in [-0.2, 0) is 14.3 Å². The van der Waals surface area contributed by atoms with Gasteiger partial charge in [-0.25, -0.2) is 4.79 Å². The predicted molar refractivity (Wildman–Crippen MR) is 95.4 cm³/mol. The van der Waals surface area contributed by atoms with E-state index in [1.54, 1.807) is 6.08 Å². The molecule has 1 amide bonds. The molecule has 24 heavy (non-hydrogen) atoms. The molecule has 0 aliphatic heterocycles. The van der Waals surface area contributed by atoms with Crippen LogP contribution in [0.1, 0.15) is 56.1 Å². The summed E-state index contributed by atoms with van der Waals surface area (Å²) in [5.74, 6) is -0.707. The highest BCUT2D eigenvalue weighted by Crippen LogP contribution is 2.17. The second-order valence-electron chi connectivity index (χ2n) is 6.46. The molecule has 1 aromatic carbocycles. The zero-order chi connectivity index (χ0) is 17.2. The molecule has 1 N–H and O–H groups in total. The second-order valence-corrected chi connectivity index (χ2v) is 6.46. The summed E-state index contributed by atoms with van der Waals surface area (Å²) in [4.78, 5) is 23.6. The van der Waals surface area contributed by atoms with Gasteiger partial charge in [-0.2, -0.15) is 0 Å². The number of hydrogen-bond donors (Lipinski definition) is 1. The van der Waals surface area contributed by atoms with Crippen LogP contribution >= 0.6 is 0 Å². The molecule has 4 nitrogen and oxygen atoms in total. The number of benzene rings is 1. The lowest BCUT2D eigenvalue weighted by molar-refractivity contribution is -0.144. The SMILES string of the molecule is Cc1ccc(C=CC(=O)OCC(=O)NC2CCCCCCC2)cc1. The van der Waals surface area contributed by atoms with Gasteiger partial charge in [-0.15, -0.1) is 0 Å². The van der Waals surface area contributed by atoms with Crippen LogP contribution in [0.15, 0.2) is 30.3 Å². The Bertz CT molecular complexity index is 555. The summed E-state index contributed by atoms with van der Waals surface area (Å²) < 4.78 is 5.01. The zero-order valence-corrected chi connectivity index (χ0v) is 14.4. The van der Waals surface area contributed by atoms with Crippen LogP contribution in [0.2, 0.25) is 0 Å². The third-order valence-electron chi connectivity index (χ3n) is 4.31. The molecule has 0 unspecified atom stereocenters. The molecule has 130 valence electrons. The van der Waals surface area contributed by atoms with E-state index >= 15 is 0 Å². The summed E-state index contributed by atoms with van der Waals surface area (Å²) in [7, 11) is 0. The fourth-order valence-electron chi connectivity index (χ4n) is 2.90. The second kappa shape index (κ2) is 9.91. The molecule has 0 spiro atoms. The molecule has 0 atom stereocenters. The standard InChI is InChI=1S/C20H27NO3/c1-16-9-11-17(12-10-16)13-14-20(23)24-15-19(22)21-18-7-5-3-2-4-6-8-18/h9-14,18H,2-8,15H2,1H3,(H,21,22). The first-order valence-corrected chi connectivity index (χ1v) is 8.84. The first-order chi connectivity index (χ1) is 11.6. The Morgan fingerprint density at radius 1 is 1.08 bits per heavy atom. The van der Waals surface area contributed by atoms with Crippen molar-refractivity contribution in [2.24, 2.45) is 0 Å². The Kier molecular flexibility index (Phi) is 7.53. The molecule has 1 fully saturated rings. The summed E-state index contributed by atoms with van der Waals surface area (Å²) in [5.41, 5.74) is 2.09. The van der Waals surface area contributed by atoms with Crippen molar-refractivity contribution in [2.45, 2.75) is 57.9 Å². The van der Waals surface area contributed by atoms with Crippen LogP contribution in [0.3, 0.4) is 0 Å². The molecule has 4 heteroatoms. The topological polar surface area (TPSA) is 55.4 Å². The molecule has 1 aliphatic rings. The number of rotatable bonds is 5. The van der Waals surface area contributed by atoms with Crippen molar-refractivity contribution in [2.75, 3.05) is 6.61 Å². The van der Waals surface area contributed by atoms with Crippen molar-refractivity contribution in [1.29, 1.82) is 0 Å². The number of carbonyl (C=O) groups is 2. The van der Waals surface area contributed by atoms with E-state index < -0.39 is 5.97 Å². The molecule has 1 aliphatic carbocycles. The van der Waals surface area contributed by atoms with E-state index in [4.69, 9.17) is 4.74 Å². The summed E-state index contributed by atoms with van der Waals surface area (Å²) in [5, 5.41) is 2.98. The van der Waals surface area contributed by atoms with Gasteiger partial charge in [-0.05, 0) is 31.4 Å². The summed E-state index contributed by atoms with van der Waals surface area (Å²) in [6.07, 6.45) is 11.2. The minimum absolute atomic E-state index is 0.211. The lowest BCUT2D eigenvalue weighted by Gasteiger charge is -2.20. The van der Waals surface area contributed by atoms with E-state index in [0.717, 1.165) is 31.2 Å². The van der Waals surface area contributed by atoms with Crippen molar-refractivity contribution in [1.82, 2.24) is 5.32 Å². The van der Waals surface area contributed by atoms with Gasteiger partial charge < -0.3 is 10.1 Å².